The van der Waals surface area contributed by atoms with Gasteiger partial charge in [-0.05, 0) is 115 Å². The van der Waals surface area contributed by atoms with Gasteiger partial charge in [-0.3, -0.25) is 0 Å². The Morgan fingerprint density at radius 1 is 0.291 bits per heavy atom. The molecule has 380 valence electrons. The number of aryl methyl sites for hydroxylation is 2. The molecule has 0 N–H and O–H groups in total. The molecule has 0 radical (unpaired) electrons. The smallest absolute Gasteiger partial charge is 0.305 e. The summed E-state index contributed by atoms with van der Waals surface area (Å²) < 4.78 is 0. The molecule has 9 aromatic carbocycles. The Labute approximate surface area is 478 Å². The van der Waals surface area contributed by atoms with Gasteiger partial charge in [0, 0.05) is 18.6 Å². The number of hydrogen-bond donors (Lipinski definition) is 0. The summed E-state index contributed by atoms with van der Waals surface area (Å²) in [6.07, 6.45) is 5.60. The number of aromatic nitrogens is 3. The molecule has 0 saturated carbocycles. The van der Waals surface area contributed by atoms with Crippen molar-refractivity contribution in [1.29, 1.82) is 0 Å². The van der Waals surface area contributed by atoms with Gasteiger partial charge in [-0.1, -0.05) is 231 Å². The molecule has 12 rings (SSSR count). The van der Waals surface area contributed by atoms with Crippen molar-refractivity contribution in [2.75, 3.05) is 0 Å². The molecule has 0 bridgehead atoms. The van der Waals surface area contributed by atoms with Gasteiger partial charge in [-0.15, -0.1) is 82.4 Å². The van der Waals surface area contributed by atoms with Crippen LogP contribution in [0.1, 0.15) is 37.5 Å². The molecular formula is C75H56IrN3. The molecule has 0 atom stereocenters. The van der Waals surface area contributed by atoms with E-state index < -0.39 is 0 Å². The van der Waals surface area contributed by atoms with Gasteiger partial charge in [0.05, 0.1) is 0 Å². The molecule has 4 heteroatoms. The third-order valence-corrected chi connectivity index (χ3v) is 14.9. The Bertz CT molecular complexity index is 3990. The predicted octanol–water partition coefficient (Wildman–Crippen LogP) is 19.5. The number of pyridine rings is 3. The molecule has 0 amide bonds. The predicted molar refractivity (Wildman–Crippen MR) is 324 cm³/mol. The first-order valence-corrected chi connectivity index (χ1v) is 26.6. The van der Waals surface area contributed by atoms with E-state index >= 15 is 0 Å². The molecule has 0 unspecified atom stereocenters. The van der Waals surface area contributed by atoms with Crippen molar-refractivity contribution in [2.45, 2.75) is 40.0 Å². The number of rotatable bonds is 11. The fourth-order valence-corrected chi connectivity index (χ4v) is 10.8. The molecule has 12 aromatic rings. The van der Waals surface area contributed by atoms with Crippen LogP contribution in [-0.2, 0) is 25.5 Å². The summed E-state index contributed by atoms with van der Waals surface area (Å²) in [6, 6.07) is 93.5. The van der Waals surface area contributed by atoms with E-state index in [-0.39, 0.29) is 25.5 Å². The molecule has 0 spiro atoms. The Kier molecular flexibility index (Phi) is 14.9. The average molecular weight is 1190 g/mol. The first kappa shape index (κ1) is 52.1. The van der Waals surface area contributed by atoms with Crippen LogP contribution in [0.3, 0.4) is 0 Å². The maximum absolute atomic E-state index is 4.95. The first-order valence-electron chi connectivity index (χ1n) is 26.6. The molecule has 79 heavy (non-hydrogen) atoms. The van der Waals surface area contributed by atoms with E-state index in [0.717, 1.165) is 134 Å². The van der Waals surface area contributed by atoms with Crippen molar-refractivity contribution in [3.8, 4) is 123 Å². The maximum atomic E-state index is 4.95. The van der Waals surface area contributed by atoms with Gasteiger partial charge < -0.3 is 15.0 Å². The summed E-state index contributed by atoms with van der Waals surface area (Å²) in [6.45, 7) is 11.1. The van der Waals surface area contributed by atoms with Crippen LogP contribution >= 0.6 is 0 Å². The molecule has 0 aliphatic carbocycles. The summed E-state index contributed by atoms with van der Waals surface area (Å²) in [5, 5.41) is 0. The molecular weight excluding hydrogens is 1140 g/mol. The molecule has 3 heterocycles. The van der Waals surface area contributed by atoms with Crippen LogP contribution in [0.15, 0.2) is 249 Å². The second-order valence-electron chi connectivity index (χ2n) is 21.0. The standard InChI is InChI=1S/C75H56N3.Ir/c1-50-43-53(72-31-17-19-40-76-72)33-36-60(50)66-27-13-10-24-63(66)56-45-57(64-25-11-14-28-67(64)61-37-34-54(44-51(61)2)73-32-18-20-41-77-73)47-58(46-56)65-26-12-15-29-68(65)70-38-35-55(74-49-59(39-42-78-74)75(3,4)5)48-71(70)69-30-16-9-23-62(69)52-21-7-6-8-22-52;/h6-32,36-49H,1-5H3;/q-3;+3. The van der Waals surface area contributed by atoms with Crippen molar-refractivity contribution in [3.05, 3.63) is 284 Å². The molecule has 0 fully saturated rings. The minimum Gasteiger partial charge on any atom is -0.305 e. The van der Waals surface area contributed by atoms with Crippen molar-refractivity contribution in [2.24, 2.45) is 0 Å². The summed E-state index contributed by atoms with van der Waals surface area (Å²) in [7, 11) is 0. The molecule has 3 aromatic heterocycles. The summed E-state index contributed by atoms with van der Waals surface area (Å²) in [5.74, 6) is 0. The minimum absolute atomic E-state index is 0. The van der Waals surface area contributed by atoms with Crippen molar-refractivity contribution in [3.63, 3.8) is 0 Å². The van der Waals surface area contributed by atoms with Gasteiger partial charge in [0.15, 0.2) is 0 Å². The second kappa shape index (κ2) is 22.6. The monoisotopic (exact) mass is 1190 g/mol. The summed E-state index contributed by atoms with van der Waals surface area (Å²) >= 11 is 0. The zero-order valence-electron chi connectivity index (χ0n) is 44.8. The van der Waals surface area contributed by atoms with Crippen LogP contribution in [0.2, 0.25) is 0 Å². The Hall–Kier alpha value is -8.92. The van der Waals surface area contributed by atoms with Gasteiger partial charge in [0.1, 0.15) is 0 Å². The summed E-state index contributed by atoms with van der Waals surface area (Å²) in [5.41, 5.74) is 27.0. The van der Waals surface area contributed by atoms with Crippen molar-refractivity contribution < 1.29 is 20.1 Å². The molecule has 3 nitrogen and oxygen atoms in total. The number of benzene rings is 9. The van der Waals surface area contributed by atoms with Crippen LogP contribution in [0.25, 0.3) is 123 Å². The molecule has 0 aliphatic heterocycles. The minimum atomic E-state index is -0.0440. The fourth-order valence-electron chi connectivity index (χ4n) is 10.8. The quantitative estimate of drug-likeness (QED) is 0.121. The van der Waals surface area contributed by atoms with Crippen LogP contribution < -0.4 is 0 Å². The third-order valence-electron chi connectivity index (χ3n) is 14.9. The van der Waals surface area contributed by atoms with Gasteiger partial charge >= 0.3 is 20.1 Å². The number of nitrogens with zero attached hydrogens (tertiary/aromatic N) is 3. The zero-order chi connectivity index (χ0) is 53.2. The van der Waals surface area contributed by atoms with E-state index in [9.17, 15) is 0 Å². The maximum Gasteiger partial charge on any atom is 3.00 e. The van der Waals surface area contributed by atoms with E-state index in [1.807, 2.05) is 55.0 Å². The Morgan fingerprint density at radius 3 is 1.09 bits per heavy atom. The van der Waals surface area contributed by atoms with Gasteiger partial charge in [0.25, 0.3) is 0 Å². The van der Waals surface area contributed by atoms with Crippen molar-refractivity contribution in [1.82, 2.24) is 15.0 Å². The van der Waals surface area contributed by atoms with E-state index in [2.05, 4.69) is 257 Å². The largest absolute Gasteiger partial charge is 3.00 e. The van der Waals surface area contributed by atoms with Crippen LogP contribution in [0, 0.1) is 32.0 Å². The van der Waals surface area contributed by atoms with Crippen LogP contribution in [0.5, 0.6) is 0 Å². The van der Waals surface area contributed by atoms with Gasteiger partial charge in [0.2, 0.25) is 0 Å². The van der Waals surface area contributed by atoms with Gasteiger partial charge in [-0.25, -0.2) is 0 Å². The topological polar surface area (TPSA) is 38.7 Å². The number of hydrogen-bond acceptors (Lipinski definition) is 3. The van der Waals surface area contributed by atoms with E-state index in [4.69, 9.17) is 4.98 Å². The zero-order valence-corrected chi connectivity index (χ0v) is 47.2. The van der Waals surface area contributed by atoms with Crippen LogP contribution in [-0.4, -0.2) is 15.0 Å². The molecule has 0 aliphatic rings. The van der Waals surface area contributed by atoms with E-state index in [1.165, 1.54) is 5.56 Å². The van der Waals surface area contributed by atoms with E-state index in [1.54, 1.807) is 0 Å². The first-order chi connectivity index (χ1) is 38.1. The molecule has 0 saturated heterocycles. The Morgan fingerprint density at radius 2 is 0.658 bits per heavy atom. The SMILES string of the molecule is Cc1cc(-c2ccccn2)[c-]cc1-c1ccccc1-c1cc(-c2ccccc2-c2c[c-]c(-c3ccccn3)cc2C)cc(-c2ccccc2-c2c[c-]c(-c3cc(C(C)(C)C)ccn3)cc2-c2ccccc2-c2ccccc2)c1.[Ir+3]. The second-order valence-corrected chi connectivity index (χ2v) is 21.0. The van der Waals surface area contributed by atoms with Crippen molar-refractivity contribution >= 4 is 0 Å². The van der Waals surface area contributed by atoms with Gasteiger partial charge in [-0.2, -0.15) is 0 Å². The summed E-state index contributed by atoms with van der Waals surface area (Å²) in [4.78, 5) is 14.2. The van der Waals surface area contributed by atoms with E-state index in [0.29, 0.717) is 0 Å². The Balaban J connectivity index is 0.00000660. The average Bonchev–Trinajstić information content (AvgIpc) is 3.58. The normalized spacial score (nSPS) is 11.3. The van der Waals surface area contributed by atoms with Crippen LogP contribution in [0.4, 0.5) is 0 Å². The fraction of sp³-hybridized carbons (Fsp3) is 0.0800. The third kappa shape index (κ3) is 10.7.